The Hall–Kier alpha value is -1.73. The second-order valence-electron chi connectivity index (χ2n) is 6.85. The van der Waals surface area contributed by atoms with E-state index in [-0.39, 0.29) is 0 Å². The highest BCUT2D eigenvalue weighted by Gasteiger charge is 2.13. The molecule has 3 aromatic rings. The zero-order valence-electron chi connectivity index (χ0n) is 16.9. The monoisotopic (exact) mass is 565 g/mol. The van der Waals surface area contributed by atoms with E-state index in [0.29, 0.717) is 13.2 Å². The molecule has 0 fully saturated rings. The van der Waals surface area contributed by atoms with Gasteiger partial charge in [0.25, 0.3) is 0 Å². The summed E-state index contributed by atoms with van der Waals surface area (Å²) >= 11 is 5.79. The van der Waals surface area contributed by atoms with Crippen LogP contribution in [0.5, 0.6) is 11.5 Å². The Morgan fingerprint density at radius 1 is 0.966 bits per heavy atom. The molecule has 0 bridgehead atoms. The number of hydrogen-bond donors (Lipinski definition) is 1. The lowest BCUT2D eigenvalue weighted by molar-refractivity contribution is 0.267. The van der Waals surface area contributed by atoms with Crippen molar-refractivity contribution in [1.82, 2.24) is 0 Å². The molecule has 5 heteroatoms. The van der Waals surface area contributed by atoms with Crippen molar-refractivity contribution in [3.8, 4) is 11.5 Å². The Morgan fingerprint density at radius 2 is 1.72 bits per heavy atom. The predicted octanol–water partition coefficient (Wildman–Crippen LogP) is 7.26. The van der Waals surface area contributed by atoms with Crippen molar-refractivity contribution in [3.05, 3.63) is 84.9 Å². The smallest absolute Gasteiger partial charge is 0.174 e. The van der Waals surface area contributed by atoms with E-state index in [9.17, 15) is 0 Å². The second-order valence-corrected chi connectivity index (χ2v) is 8.93. The Morgan fingerprint density at radius 3 is 2.45 bits per heavy atom. The molecule has 0 aliphatic rings. The molecule has 3 rings (SSSR count). The molecule has 0 aromatic heterocycles. The number of nitrogens with one attached hydrogen (secondary N) is 1. The van der Waals surface area contributed by atoms with E-state index in [4.69, 9.17) is 9.47 Å². The molecule has 0 radical (unpaired) electrons. The van der Waals surface area contributed by atoms with E-state index in [0.717, 1.165) is 42.9 Å². The fourth-order valence-electron chi connectivity index (χ4n) is 3.00. The molecule has 29 heavy (non-hydrogen) atoms. The summed E-state index contributed by atoms with van der Waals surface area (Å²) in [6.07, 6.45) is 0. The summed E-state index contributed by atoms with van der Waals surface area (Å²) in [7, 11) is 0. The fourth-order valence-corrected chi connectivity index (χ4v) is 4.09. The molecule has 0 saturated heterocycles. The average molecular weight is 566 g/mol. The molecule has 0 spiro atoms. The third-order valence-corrected chi connectivity index (χ3v) is 6.08. The minimum absolute atomic E-state index is 0.503. The molecule has 0 aliphatic carbocycles. The highest BCUT2D eigenvalue weighted by molar-refractivity contribution is 14.1. The maximum Gasteiger partial charge on any atom is 0.174 e. The summed E-state index contributed by atoms with van der Waals surface area (Å²) in [5.41, 5.74) is 6.01. The molecule has 1 N–H and O–H groups in total. The zero-order chi connectivity index (χ0) is 20.8. The Labute approximate surface area is 195 Å². The van der Waals surface area contributed by atoms with Gasteiger partial charge in [-0.15, -0.1) is 0 Å². The number of aryl methyl sites for hydroxylation is 1. The molecular weight excluding hydrogens is 541 g/mol. The van der Waals surface area contributed by atoms with Crippen LogP contribution in [0, 0.1) is 17.4 Å². The van der Waals surface area contributed by atoms with Gasteiger partial charge in [0.2, 0.25) is 0 Å². The summed E-state index contributed by atoms with van der Waals surface area (Å²) in [5.74, 6) is 1.58. The number of benzene rings is 3. The third-order valence-electron chi connectivity index (χ3n) is 4.75. The standard InChI is InChI=1S/C24H25BrINO2/c1-4-28-23-13-19(14-27-22-7-5-6-16(2)17(22)3)12-21(26)24(23)29-15-18-8-10-20(25)11-9-18/h5-13,27H,4,14-15H2,1-3H3. The first-order valence-corrected chi connectivity index (χ1v) is 11.5. The first kappa shape index (κ1) is 22.0. The van der Waals surface area contributed by atoms with Crippen molar-refractivity contribution in [3.63, 3.8) is 0 Å². The van der Waals surface area contributed by atoms with Gasteiger partial charge in [-0.3, -0.25) is 0 Å². The molecule has 152 valence electrons. The van der Waals surface area contributed by atoms with Crippen LogP contribution in [0.15, 0.2) is 59.1 Å². The lowest BCUT2D eigenvalue weighted by Crippen LogP contribution is -2.05. The van der Waals surface area contributed by atoms with Crippen LogP contribution in [-0.2, 0) is 13.2 Å². The van der Waals surface area contributed by atoms with Crippen molar-refractivity contribution in [2.75, 3.05) is 11.9 Å². The Bertz CT molecular complexity index is 973. The lowest BCUT2D eigenvalue weighted by Gasteiger charge is -2.17. The topological polar surface area (TPSA) is 30.5 Å². The molecular formula is C24H25BrINO2. The van der Waals surface area contributed by atoms with Crippen molar-refractivity contribution in [2.45, 2.75) is 33.9 Å². The van der Waals surface area contributed by atoms with Gasteiger partial charge in [0.1, 0.15) is 6.61 Å². The van der Waals surface area contributed by atoms with E-state index in [1.807, 2.05) is 19.1 Å². The average Bonchev–Trinajstić information content (AvgIpc) is 2.70. The molecule has 0 saturated carbocycles. The minimum atomic E-state index is 0.503. The van der Waals surface area contributed by atoms with Crippen LogP contribution in [0.25, 0.3) is 0 Å². The van der Waals surface area contributed by atoms with Gasteiger partial charge in [-0.1, -0.05) is 40.2 Å². The second kappa shape index (κ2) is 10.3. The van der Waals surface area contributed by atoms with Gasteiger partial charge in [0.05, 0.1) is 10.2 Å². The van der Waals surface area contributed by atoms with Crippen molar-refractivity contribution < 1.29 is 9.47 Å². The molecule has 3 nitrogen and oxygen atoms in total. The number of anilines is 1. The summed E-state index contributed by atoms with van der Waals surface area (Å²) < 4.78 is 14.1. The van der Waals surface area contributed by atoms with Gasteiger partial charge in [-0.2, -0.15) is 0 Å². The van der Waals surface area contributed by atoms with E-state index in [1.54, 1.807) is 0 Å². The zero-order valence-corrected chi connectivity index (χ0v) is 20.6. The number of hydrogen-bond acceptors (Lipinski definition) is 3. The number of halogens is 2. The normalized spacial score (nSPS) is 10.7. The van der Waals surface area contributed by atoms with E-state index in [1.165, 1.54) is 11.1 Å². The van der Waals surface area contributed by atoms with Crippen LogP contribution in [0.3, 0.4) is 0 Å². The molecule has 0 aliphatic heterocycles. The fraction of sp³-hybridized carbons (Fsp3) is 0.250. The Kier molecular flexibility index (Phi) is 7.84. The van der Waals surface area contributed by atoms with E-state index < -0.39 is 0 Å². The first-order chi connectivity index (χ1) is 14.0. The highest BCUT2D eigenvalue weighted by atomic mass is 127. The SMILES string of the molecule is CCOc1cc(CNc2cccc(C)c2C)cc(I)c1OCc1ccc(Br)cc1. The number of ether oxygens (including phenoxy) is 2. The van der Waals surface area contributed by atoms with Gasteiger partial charge in [-0.25, -0.2) is 0 Å². The van der Waals surface area contributed by atoms with Gasteiger partial charge in [0, 0.05) is 16.7 Å². The van der Waals surface area contributed by atoms with Crippen molar-refractivity contribution in [1.29, 1.82) is 0 Å². The quantitative estimate of drug-likeness (QED) is 0.292. The summed E-state index contributed by atoms with van der Waals surface area (Å²) in [6.45, 7) is 8.10. The Balaban J connectivity index is 1.76. The third kappa shape index (κ3) is 5.89. The number of rotatable bonds is 8. The maximum absolute atomic E-state index is 6.13. The van der Waals surface area contributed by atoms with Crippen LogP contribution in [-0.4, -0.2) is 6.61 Å². The van der Waals surface area contributed by atoms with Crippen LogP contribution in [0.1, 0.15) is 29.2 Å². The molecule has 0 amide bonds. The largest absolute Gasteiger partial charge is 0.490 e. The van der Waals surface area contributed by atoms with Crippen LogP contribution >= 0.6 is 38.5 Å². The molecule has 0 unspecified atom stereocenters. The first-order valence-electron chi connectivity index (χ1n) is 9.60. The maximum atomic E-state index is 6.13. The van der Waals surface area contributed by atoms with E-state index in [2.05, 4.69) is 100 Å². The minimum Gasteiger partial charge on any atom is -0.490 e. The summed E-state index contributed by atoms with van der Waals surface area (Å²) in [6, 6.07) is 18.7. The summed E-state index contributed by atoms with van der Waals surface area (Å²) in [4.78, 5) is 0. The summed E-state index contributed by atoms with van der Waals surface area (Å²) in [5, 5.41) is 3.55. The van der Waals surface area contributed by atoms with Gasteiger partial charge >= 0.3 is 0 Å². The van der Waals surface area contributed by atoms with Crippen LogP contribution < -0.4 is 14.8 Å². The lowest BCUT2D eigenvalue weighted by atomic mass is 10.1. The molecule has 3 aromatic carbocycles. The van der Waals surface area contributed by atoms with Crippen LogP contribution in [0.2, 0.25) is 0 Å². The van der Waals surface area contributed by atoms with Crippen molar-refractivity contribution in [2.24, 2.45) is 0 Å². The van der Waals surface area contributed by atoms with Crippen molar-refractivity contribution >= 4 is 44.2 Å². The van der Waals surface area contributed by atoms with E-state index >= 15 is 0 Å². The van der Waals surface area contributed by atoms with Gasteiger partial charge in [0.15, 0.2) is 11.5 Å². The van der Waals surface area contributed by atoms with Crippen LogP contribution in [0.4, 0.5) is 5.69 Å². The molecule has 0 heterocycles. The predicted molar refractivity (Wildman–Crippen MR) is 132 cm³/mol. The van der Waals surface area contributed by atoms with Gasteiger partial charge < -0.3 is 14.8 Å². The highest BCUT2D eigenvalue weighted by Crippen LogP contribution is 2.35. The molecule has 0 atom stereocenters. The van der Waals surface area contributed by atoms with Gasteiger partial charge in [-0.05, 0) is 95.9 Å².